The summed E-state index contributed by atoms with van der Waals surface area (Å²) in [5, 5.41) is 8.04. The summed E-state index contributed by atoms with van der Waals surface area (Å²) in [6, 6.07) is 14.3. The minimum absolute atomic E-state index is 0.226. The SMILES string of the molecule is Cc1c(C(=O)NCCc2nc3ccccc3s2)cnn1-c1ccccc1F. The van der Waals surface area contributed by atoms with E-state index in [9.17, 15) is 9.18 Å². The lowest BCUT2D eigenvalue weighted by Crippen LogP contribution is -2.26. The van der Waals surface area contributed by atoms with E-state index in [0.717, 1.165) is 15.2 Å². The van der Waals surface area contributed by atoms with Crippen LogP contribution in [0.1, 0.15) is 21.1 Å². The Morgan fingerprint density at radius 1 is 1.19 bits per heavy atom. The number of carbonyl (C=O) groups excluding carboxylic acids is 1. The summed E-state index contributed by atoms with van der Waals surface area (Å²) in [6.45, 7) is 2.23. The second-order valence-corrected chi connectivity index (χ2v) is 7.20. The lowest BCUT2D eigenvalue weighted by atomic mass is 10.2. The summed E-state index contributed by atoms with van der Waals surface area (Å²) in [5.74, 6) is -0.609. The first-order chi connectivity index (χ1) is 13.1. The average Bonchev–Trinajstić information content (AvgIpc) is 3.25. The second-order valence-electron chi connectivity index (χ2n) is 6.09. The van der Waals surface area contributed by atoms with Crippen molar-refractivity contribution in [1.29, 1.82) is 0 Å². The summed E-state index contributed by atoms with van der Waals surface area (Å²) in [4.78, 5) is 17.0. The van der Waals surface area contributed by atoms with Crippen molar-refractivity contribution in [2.45, 2.75) is 13.3 Å². The molecule has 0 radical (unpaired) electrons. The van der Waals surface area contributed by atoms with Crippen LogP contribution in [0.3, 0.4) is 0 Å². The third-order valence-electron chi connectivity index (χ3n) is 4.30. The topological polar surface area (TPSA) is 59.8 Å². The highest BCUT2D eigenvalue weighted by atomic mass is 32.1. The van der Waals surface area contributed by atoms with E-state index in [4.69, 9.17) is 0 Å². The Hall–Kier alpha value is -3.06. The second kappa shape index (κ2) is 7.28. The Balaban J connectivity index is 1.43. The van der Waals surface area contributed by atoms with Crippen LogP contribution in [0.2, 0.25) is 0 Å². The molecule has 27 heavy (non-hydrogen) atoms. The van der Waals surface area contributed by atoms with Crippen LogP contribution in [-0.4, -0.2) is 27.2 Å². The molecule has 0 spiro atoms. The van der Waals surface area contributed by atoms with Gasteiger partial charge in [-0.2, -0.15) is 5.10 Å². The van der Waals surface area contributed by atoms with Crippen molar-refractivity contribution in [2.75, 3.05) is 6.54 Å². The Labute approximate surface area is 159 Å². The highest BCUT2D eigenvalue weighted by Crippen LogP contribution is 2.21. The van der Waals surface area contributed by atoms with Gasteiger partial charge in [0.25, 0.3) is 5.91 Å². The fourth-order valence-electron chi connectivity index (χ4n) is 2.90. The van der Waals surface area contributed by atoms with E-state index in [2.05, 4.69) is 15.4 Å². The first-order valence-electron chi connectivity index (χ1n) is 8.55. The van der Waals surface area contributed by atoms with Gasteiger partial charge in [0.15, 0.2) is 0 Å². The number of fused-ring (bicyclic) bond motifs is 1. The highest BCUT2D eigenvalue weighted by Gasteiger charge is 2.16. The van der Waals surface area contributed by atoms with Gasteiger partial charge in [0, 0.05) is 13.0 Å². The van der Waals surface area contributed by atoms with Crippen LogP contribution in [-0.2, 0) is 6.42 Å². The van der Waals surface area contributed by atoms with Gasteiger partial charge in [-0.3, -0.25) is 4.79 Å². The lowest BCUT2D eigenvalue weighted by molar-refractivity contribution is 0.0953. The van der Waals surface area contributed by atoms with Gasteiger partial charge in [-0.25, -0.2) is 14.1 Å². The Morgan fingerprint density at radius 2 is 1.96 bits per heavy atom. The third kappa shape index (κ3) is 3.46. The predicted molar refractivity (Wildman–Crippen MR) is 104 cm³/mol. The molecular formula is C20H17FN4OS. The van der Waals surface area contributed by atoms with Crippen LogP contribution in [0.25, 0.3) is 15.9 Å². The maximum absolute atomic E-state index is 14.0. The maximum Gasteiger partial charge on any atom is 0.254 e. The van der Waals surface area contributed by atoms with Crippen molar-refractivity contribution >= 4 is 27.5 Å². The van der Waals surface area contributed by atoms with E-state index in [1.165, 1.54) is 16.9 Å². The van der Waals surface area contributed by atoms with Gasteiger partial charge in [0.05, 0.1) is 32.7 Å². The number of benzene rings is 2. The molecule has 2 aromatic carbocycles. The Morgan fingerprint density at radius 3 is 2.78 bits per heavy atom. The molecule has 136 valence electrons. The molecule has 0 saturated heterocycles. The molecular weight excluding hydrogens is 363 g/mol. The van der Waals surface area contributed by atoms with Crippen molar-refractivity contribution in [3.63, 3.8) is 0 Å². The molecule has 5 nitrogen and oxygen atoms in total. The summed E-state index contributed by atoms with van der Waals surface area (Å²) >= 11 is 1.63. The average molecular weight is 380 g/mol. The van der Waals surface area contributed by atoms with Crippen LogP contribution in [0.5, 0.6) is 0 Å². The predicted octanol–water partition coefficient (Wildman–Crippen LogP) is 3.90. The van der Waals surface area contributed by atoms with Crippen molar-refractivity contribution in [3.8, 4) is 5.69 Å². The van der Waals surface area contributed by atoms with Crippen molar-refractivity contribution in [3.05, 3.63) is 76.8 Å². The number of aromatic nitrogens is 3. The van der Waals surface area contributed by atoms with Crippen molar-refractivity contribution in [1.82, 2.24) is 20.1 Å². The number of nitrogens with zero attached hydrogens (tertiary/aromatic N) is 3. The molecule has 0 aliphatic carbocycles. The Kier molecular flexibility index (Phi) is 4.68. The smallest absolute Gasteiger partial charge is 0.254 e. The normalized spacial score (nSPS) is 11.0. The van der Waals surface area contributed by atoms with Gasteiger partial charge in [-0.05, 0) is 31.2 Å². The molecule has 4 rings (SSSR count). The lowest BCUT2D eigenvalue weighted by Gasteiger charge is -2.07. The number of halogens is 1. The minimum atomic E-state index is -0.383. The van der Waals surface area contributed by atoms with Gasteiger partial charge >= 0.3 is 0 Å². The number of rotatable bonds is 5. The van der Waals surface area contributed by atoms with Crippen LogP contribution < -0.4 is 5.32 Å². The molecule has 2 heterocycles. The molecule has 0 aliphatic rings. The monoisotopic (exact) mass is 380 g/mol. The molecule has 0 unspecified atom stereocenters. The largest absolute Gasteiger partial charge is 0.352 e. The van der Waals surface area contributed by atoms with E-state index in [1.807, 2.05) is 24.3 Å². The summed E-state index contributed by atoms with van der Waals surface area (Å²) in [5.41, 5.74) is 2.33. The maximum atomic E-state index is 14.0. The van der Waals surface area contributed by atoms with Gasteiger partial charge < -0.3 is 5.32 Å². The van der Waals surface area contributed by atoms with Crippen LogP contribution in [0.15, 0.2) is 54.7 Å². The molecule has 2 aromatic heterocycles. The third-order valence-corrected chi connectivity index (χ3v) is 5.39. The van der Waals surface area contributed by atoms with E-state index in [1.54, 1.807) is 36.5 Å². The first kappa shape index (κ1) is 17.4. The number of nitrogens with one attached hydrogen (secondary N) is 1. The van der Waals surface area contributed by atoms with Gasteiger partial charge in [0.2, 0.25) is 0 Å². The van der Waals surface area contributed by atoms with Crippen molar-refractivity contribution < 1.29 is 9.18 Å². The number of hydrogen-bond acceptors (Lipinski definition) is 4. The van der Waals surface area contributed by atoms with Gasteiger partial charge in [0.1, 0.15) is 11.5 Å². The molecule has 0 aliphatic heterocycles. The number of hydrogen-bond donors (Lipinski definition) is 1. The van der Waals surface area contributed by atoms with E-state index in [-0.39, 0.29) is 11.7 Å². The zero-order valence-electron chi connectivity index (χ0n) is 14.6. The van der Waals surface area contributed by atoms with E-state index >= 15 is 0 Å². The molecule has 0 bridgehead atoms. The number of amides is 1. The fourth-order valence-corrected chi connectivity index (χ4v) is 3.87. The number of carbonyl (C=O) groups is 1. The molecule has 4 aromatic rings. The summed E-state index contributed by atoms with van der Waals surface area (Å²) in [7, 11) is 0. The summed E-state index contributed by atoms with van der Waals surface area (Å²) < 4.78 is 16.6. The van der Waals surface area contributed by atoms with Crippen LogP contribution >= 0.6 is 11.3 Å². The number of thiazole rings is 1. The van der Waals surface area contributed by atoms with Crippen molar-refractivity contribution in [2.24, 2.45) is 0 Å². The quantitative estimate of drug-likeness (QED) is 0.571. The molecule has 1 amide bonds. The van der Waals surface area contributed by atoms with Gasteiger partial charge in [-0.15, -0.1) is 11.3 Å². The number of para-hydroxylation sites is 2. The van der Waals surface area contributed by atoms with E-state index < -0.39 is 0 Å². The highest BCUT2D eigenvalue weighted by molar-refractivity contribution is 7.18. The first-order valence-corrected chi connectivity index (χ1v) is 9.37. The molecule has 0 atom stereocenters. The summed E-state index contributed by atoms with van der Waals surface area (Å²) in [6.07, 6.45) is 2.13. The molecule has 7 heteroatoms. The van der Waals surface area contributed by atoms with Crippen LogP contribution in [0.4, 0.5) is 4.39 Å². The van der Waals surface area contributed by atoms with Crippen LogP contribution in [0, 0.1) is 12.7 Å². The molecule has 0 saturated carbocycles. The minimum Gasteiger partial charge on any atom is -0.352 e. The Bertz CT molecular complexity index is 1090. The molecule has 0 fully saturated rings. The van der Waals surface area contributed by atoms with Gasteiger partial charge in [-0.1, -0.05) is 24.3 Å². The standard InChI is InChI=1S/C20H17FN4OS/c1-13-14(12-23-25(13)17-8-4-2-6-15(17)21)20(26)22-11-10-19-24-16-7-3-5-9-18(16)27-19/h2-9,12H,10-11H2,1H3,(H,22,26). The van der Waals surface area contributed by atoms with E-state index in [0.29, 0.717) is 29.9 Å². The zero-order valence-corrected chi connectivity index (χ0v) is 15.5. The fraction of sp³-hybridized carbons (Fsp3) is 0.150. The molecule has 1 N–H and O–H groups in total. The zero-order chi connectivity index (χ0) is 18.8.